The Bertz CT molecular complexity index is 1150. The Balaban J connectivity index is 2.06. The van der Waals surface area contributed by atoms with E-state index in [9.17, 15) is 13.2 Å². The molecular formula is C18H18ClN3O4S. The first-order chi connectivity index (χ1) is 12.8. The first-order valence-electron chi connectivity index (χ1n) is 7.96. The minimum Gasteiger partial charge on any atom is -0.495 e. The molecule has 0 aliphatic rings. The largest absolute Gasteiger partial charge is 0.495 e. The minimum absolute atomic E-state index is 0.0201. The molecule has 9 heteroatoms. The van der Waals surface area contributed by atoms with Crippen LogP contribution in [0.5, 0.6) is 5.75 Å². The molecule has 0 radical (unpaired) electrons. The summed E-state index contributed by atoms with van der Waals surface area (Å²) in [6.45, 7) is 1.67. The second-order valence-corrected chi connectivity index (χ2v) is 7.93. The average Bonchev–Trinajstić information content (AvgIpc) is 2.85. The normalized spacial score (nSPS) is 11.4. The molecule has 27 heavy (non-hydrogen) atoms. The van der Waals surface area contributed by atoms with Gasteiger partial charge in [-0.3, -0.25) is 14.2 Å². The topological polar surface area (TPSA) is 82.3 Å². The van der Waals surface area contributed by atoms with E-state index in [1.807, 2.05) is 6.07 Å². The van der Waals surface area contributed by atoms with Crippen LogP contribution in [0.3, 0.4) is 0 Å². The Morgan fingerprint density at radius 2 is 1.78 bits per heavy atom. The first kappa shape index (κ1) is 19.1. The molecule has 1 heterocycles. The van der Waals surface area contributed by atoms with Crippen molar-refractivity contribution in [1.29, 1.82) is 0 Å². The van der Waals surface area contributed by atoms with E-state index in [0.717, 1.165) is 0 Å². The molecule has 0 saturated heterocycles. The van der Waals surface area contributed by atoms with Crippen LogP contribution in [-0.2, 0) is 17.1 Å². The maximum Gasteiger partial charge on any atom is 0.296 e. The number of benzene rings is 2. The van der Waals surface area contributed by atoms with E-state index in [0.29, 0.717) is 17.1 Å². The van der Waals surface area contributed by atoms with Crippen molar-refractivity contribution < 1.29 is 13.2 Å². The summed E-state index contributed by atoms with van der Waals surface area (Å²) in [5.41, 5.74) is 0.621. The van der Waals surface area contributed by atoms with Crippen LogP contribution in [-0.4, -0.2) is 24.9 Å². The van der Waals surface area contributed by atoms with Gasteiger partial charge in [0.05, 0.1) is 28.4 Å². The van der Waals surface area contributed by atoms with Gasteiger partial charge in [-0.1, -0.05) is 29.8 Å². The van der Waals surface area contributed by atoms with E-state index in [-0.39, 0.29) is 15.6 Å². The number of nitrogens with one attached hydrogen (secondary N) is 1. The van der Waals surface area contributed by atoms with Crippen molar-refractivity contribution in [3.63, 3.8) is 0 Å². The summed E-state index contributed by atoms with van der Waals surface area (Å²) in [6.07, 6.45) is 0. The van der Waals surface area contributed by atoms with Crippen LogP contribution in [0.25, 0.3) is 5.69 Å². The molecule has 7 nitrogen and oxygen atoms in total. The van der Waals surface area contributed by atoms with Crippen LogP contribution >= 0.6 is 11.6 Å². The lowest BCUT2D eigenvalue weighted by atomic mass is 10.3. The monoisotopic (exact) mass is 407 g/mol. The van der Waals surface area contributed by atoms with Crippen molar-refractivity contribution >= 4 is 27.3 Å². The predicted molar refractivity (Wildman–Crippen MR) is 105 cm³/mol. The SMILES string of the molecule is COc1ccc(S(=O)(=O)Nc2c(C)n(C)n(-c3ccccc3)c2=O)cc1Cl. The molecule has 0 aliphatic heterocycles. The molecule has 0 atom stereocenters. The lowest BCUT2D eigenvalue weighted by Crippen LogP contribution is -2.23. The second kappa shape index (κ2) is 7.13. The van der Waals surface area contributed by atoms with E-state index >= 15 is 0 Å². The van der Waals surface area contributed by atoms with Crippen LogP contribution in [0.1, 0.15) is 5.69 Å². The van der Waals surface area contributed by atoms with Gasteiger partial charge >= 0.3 is 0 Å². The molecule has 142 valence electrons. The number of ether oxygens (including phenoxy) is 1. The molecule has 0 aliphatic carbocycles. The third kappa shape index (κ3) is 3.45. The Morgan fingerprint density at radius 1 is 1.11 bits per heavy atom. The number of hydrogen-bond donors (Lipinski definition) is 1. The molecule has 1 aromatic heterocycles. The van der Waals surface area contributed by atoms with E-state index in [2.05, 4.69) is 4.72 Å². The molecule has 0 amide bonds. The smallest absolute Gasteiger partial charge is 0.296 e. The van der Waals surface area contributed by atoms with Crippen LogP contribution in [0.4, 0.5) is 5.69 Å². The van der Waals surface area contributed by atoms with Crippen molar-refractivity contribution in [3.8, 4) is 11.4 Å². The molecule has 3 rings (SSSR count). The van der Waals surface area contributed by atoms with Crippen molar-refractivity contribution in [2.45, 2.75) is 11.8 Å². The first-order valence-corrected chi connectivity index (χ1v) is 9.82. The zero-order valence-corrected chi connectivity index (χ0v) is 16.5. The lowest BCUT2D eigenvalue weighted by molar-refractivity contribution is 0.414. The third-order valence-corrected chi connectivity index (χ3v) is 5.87. The number of rotatable bonds is 5. The Morgan fingerprint density at radius 3 is 2.37 bits per heavy atom. The molecular weight excluding hydrogens is 390 g/mol. The molecule has 1 N–H and O–H groups in total. The van der Waals surface area contributed by atoms with E-state index in [4.69, 9.17) is 16.3 Å². The molecule has 0 bridgehead atoms. The average molecular weight is 408 g/mol. The fraction of sp³-hybridized carbons (Fsp3) is 0.167. The number of nitrogens with zero attached hydrogens (tertiary/aromatic N) is 2. The van der Waals surface area contributed by atoms with Crippen molar-refractivity contribution in [2.75, 3.05) is 11.8 Å². The van der Waals surface area contributed by atoms with Gasteiger partial charge in [-0.15, -0.1) is 0 Å². The number of para-hydroxylation sites is 1. The van der Waals surface area contributed by atoms with Crippen LogP contribution in [0.15, 0.2) is 58.2 Å². The molecule has 3 aromatic rings. The van der Waals surface area contributed by atoms with Crippen LogP contribution < -0.4 is 15.0 Å². The summed E-state index contributed by atoms with van der Waals surface area (Å²) < 4.78 is 35.9. The summed E-state index contributed by atoms with van der Waals surface area (Å²) in [4.78, 5) is 12.8. The predicted octanol–water partition coefficient (Wildman–Crippen LogP) is 2.95. The molecule has 0 fully saturated rings. The molecule has 2 aromatic carbocycles. The van der Waals surface area contributed by atoms with Gasteiger partial charge < -0.3 is 4.74 Å². The summed E-state index contributed by atoms with van der Waals surface area (Å²) >= 11 is 6.02. The highest BCUT2D eigenvalue weighted by Gasteiger charge is 2.23. The highest BCUT2D eigenvalue weighted by Crippen LogP contribution is 2.28. The Kier molecular flexibility index (Phi) is 5.03. The highest BCUT2D eigenvalue weighted by atomic mass is 35.5. The fourth-order valence-corrected chi connectivity index (χ4v) is 4.16. The number of hydrogen-bond acceptors (Lipinski definition) is 4. The zero-order chi connectivity index (χ0) is 19.8. The number of anilines is 1. The van der Waals surface area contributed by atoms with E-state index < -0.39 is 15.6 Å². The van der Waals surface area contributed by atoms with Gasteiger partial charge in [-0.2, -0.15) is 0 Å². The number of sulfonamides is 1. The molecule has 0 unspecified atom stereocenters. The van der Waals surface area contributed by atoms with Gasteiger partial charge in [-0.25, -0.2) is 13.1 Å². The fourth-order valence-electron chi connectivity index (χ4n) is 2.69. The van der Waals surface area contributed by atoms with Gasteiger partial charge in [0.15, 0.2) is 0 Å². The summed E-state index contributed by atoms with van der Waals surface area (Å²) in [5, 5.41) is 0.159. The van der Waals surface area contributed by atoms with Gasteiger partial charge in [0.25, 0.3) is 15.6 Å². The van der Waals surface area contributed by atoms with Gasteiger partial charge in [0.2, 0.25) is 0 Å². The highest BCUT2D eigenvalue weighted by molar-refractivity contribution is 7.92. The summed E-state index contributed by atoms with van der Waals surface area (Å²) in [6, 6.07) is 13.1. The quantitative estimate of drug-likeness (QED) is 0.704. The number of halogens is 1. The summed E-state index contributed by atoms with van der Waals surface area (Å²) in [7, 11) is -0.884. The third-order valence-electron chi connectivity index (χ3n) is 4.22. The minimum atomic E-state index is -4.01. The van der Waals surface area contributed by atoms with Gasteiger partial charge in [0, 0.05) is 7.05 Å². The molecule has 0 spiro atoms. The van der Waals surface area contributed by atoms with Crippen LogP contribution in [0.2, 0.25) is 5.02 Å². The van der Waals surface area contributed by atoms with E-state index in [1.165, 1.54) is 30.0 Å². The second-order valence-electron chi connectivity index (χ2n) is 5.84. The number of methoxy groups -OCH3 is 1. The van der Waals surface area contributed by atoms with Gasteiger partial charge in [0.1, 0.15) is 11.4 Å². The molecule has 0 saturated carbocycles. The Labute approximate surface area is 161 Å². The van der Waals surface area contributed by atoms with Crippen molar-refractivity contribution in [2.24, 2.45) is 7.05 Å². The van der Waals surface area contributed by atoms with Crippen molar-refractivity contribution in [3.05, 3.63) is 69.6 Å². The Hall–Kier alpha value is -2.71. The maximum atomic E-state index is 12.9. The van der Waals surface area contributed by atoms with Gasteiger partial charge in [-0.05, 0) is 37.3 Å². The standard InChI is InChI=1S/C18H18ClN3O4S/c1-12-17(18(23)22(21(12)2)13-7-5-4-6-8-13)20-27(24,25)14-9-10-16(26-3)15(19)11-14/h4-11,20H,1-3H3. The summed E-state index contributed by atoms with van der Waals surface area (Å²) in [5.74, 6) is 0.359. The number of aromatic nitrogens is 2. The zero-order valence-electron chi connectivity index (χ0n) is 14.9. The van der Waals surface area contributed by atoms with Crippen molar-refractivity contribution in [1.82, 2.24) is 9.36 Å². The van der Waals surface area contributed by atoms with E-state index in [1.54, 1.807) is 42.9 Å². The lowest BCUT2D eigenvalue weighted by Gasteiger charge is -2.09. The maximum absolute atomic E-state index is 12.9. The van der Waals surface area contributed by atoms with Crippen LogP contribution in [0, 0.1) is 6.92 Å².